The third-order valence-electron chi connectivity index (χ3n) is 2.76. The maximum absolute atomic E-state index is 10.7. The molecule has 3 N–H and O–H groups in total. The summed E-state index contributed by atoms with van der Waals surface area (Å²) in [7, 11) is 0. The van der Waals surface area contributed by atoms with Crippen LogP contribution < -0.4 is 11.1 Å². The normalized spacial score (nSPS) is 10.8. The number of primary amides is 1. The third-order valence-corrected chi connectivity index (χ3v) is 2.95. The molecular formula is C12H16ClN5O. The van der Waals surface area contributed by atoms with Gasteiger partial charge in [0, 0.05) is 31.1 Å². The summed E-state index contributed by atoms with van der Waals surface area (Å²) in [5, 5.41) is 2.56. The zero-order valence-electron chi connectivity index (χ0n) is 10.7. The summed E-state index contributed by atoms with van der Waals surface area (Å²) in [5.74, 6) is 1.36. The van der Waals surface area contributed by atoms with Crippen molar-refractivity contribution >= 4 is 28.8 Å². The van der Waals surface area contributed by atoms with Crippen molar-refractivity contribution in [3.05, 3.63) is 23.7 Å². The number of carbonyl (C=O) groups is 1. The number of nitrogens with two attached hydrogens (primary N) is 1. The van der Waals surface area contributed by atoms with Crippen LogP contribution in [0.25, 0.3) is 11.2 Å². The van der Waals surface area contributed by atoms with Crippen molar-refractivity contribution < 1.29 is 4.79 Å². The van der Waals surface area contributed by atoms with E-state index < -0.39 is 6.03 Å². The molecule has 0 aromatic carbocycles. The number of pyridine rings is 1. The first-order chi connectivity index (χ1) is 9.11. The molecule has 102 valence electrons. The van der Waals surface area contributed by atoms with Crippen LogP contribution in [0.1, 0.15) is 11.5 Å². The number of hydrogen-bond acceptors (Lipinski definition) is 3. The lowest BCUT2D eigenvalue weighted by Gasteiger charge is -2.08. The number of fused-ring (bicyclic) bond motifs is 1. The molecule has 6 nitrogen and oxygen atoms in total. The van der Waals surface area contributed by atoms with Crippen LogP contribution in [-0.2, 0) is 13.0 Å². The van der Waals surface area contributed by atoms with Crippen LogP contribution >= 0.6 is 11.6 Å². The highest BCUT2D eigenvalue weighted by Crippen LogP contribution is 2.15. The lowest BCUT2D eigenvalue weighted by molar-refractivity contribution is 0.248. The van der Waals surface area contributed by atoms with E-state index in [1.54, 1.807) is 0 Å². The summed E-state index contributed by atoms with van der Waals surface area (Å²) in [5.41, 5.74) is 7.63. The first-order valence-electron chi connectivity index (χ1n) is 6.04. The van der Waals surface area contributed by atoms with E-state index in [2.05, 4.69) is 15.3 Å². The molecule has 2 amide bonds. The van der Waals surface area contributed by atoms with Gasteiger partial charge in [-0.25, -0.2) is 14.8 Å². The van der Waals surface area contributed by atoms with Crippen molar-refractivity contribution in [2.75, 3.05) is 12.4 Å². The molecule has 0 fully saturated rings. The predicted octanol–water partition coefficient (Wildman–Crippen LogP) is 1.19. The zero-order chi connectivity index (χ0) is 13.8. The Labute approximate surface area is 116 Å². The van der Waals surface area contributed by atoms with E-state index in [9.17, 15) is 4.79 Å². The topological polar surface area (TPSA) is 85.8 Å². The van der Waals surface area contributed by atoms with Crippen LogP contribution in [0, 0.1) is 6.92 Å². The number of aryl methyl sites for hydroxylation is 2. The van der Waals surface area contributed by atoms with E-state index in [1.165, 1.54) is 0 Å². The maximum atomic E-state index is 10.7. The number of amides is 2. The number of alkyl halides is 1. The Morgan fingerprint density at radius 3 is 2.95 bits per heavy atom. The molecule has 0 spiro atoms. The summed E-state index contributed by atoms with van der Waals surface area (Å²) in [6.45, 7) is 2.94. The summed E-state index contributed by atoms with van der Waals surface area (Å²) in [6.07, 6.45) is 0.660. The molecule has 2 heterocycles. The standard InChI is InChI=1S/C12H16ClN5O/c1-8-2-3-9-11(16-8)18(7-6-15-12(14)19)10(17-9)4-5-13/h2-3H,4-7H2,1H3,(H3,14,15,19). The highest BCUT2D eigenvalue weighted by molar-refractivity contribution is 6.17. The minimum Gasteiger partial charge on any atom is -0.352 e. The number of hydrogen-bond donors (Lipinski definition) is 2. The number of nitrogens with zero attached hydrogens (tertiary/aromatic N) is 3. The van der Waals surface area contributed by atoms with Crippen LogP contribution in [0.5, 0.6) is 0 Å². The Morgan fingerprint density at radius 2 is 2.26 bits per heavy atom. The number of aromatic nitrogens is 3. The second-order valence-electron chi connectivity index (χ2n) is 4.21. The Morgan fingerprint density at radius 1 is 1.47 bits per heavy atom. The molecule has 0 aliphatic heterocycles. The average molecular weight is 282 g/mol. The molecule has 0 atom stereocenters. The smallest absolute Gasteiger partial charge is 0.312 e. The van der Waals surface area contributed by atoms with Crippen LogP contribution in [0.15, 0.2) is 12.1 Å². The molecule has 0 saturated carbocycles. The number of carbonyl (C=O) groups excluding carboxylic acids is 1. The fourth-order valence-electron chi connectivity index (χ4n) is 1.94. The Kier molecular flexibility index (Phi) is 4.21. The molecule has 19 heavy (non-hydrogen) atoms. The molecule has 2 rings (SSSR count). The van der Waals surface area contributed by atoms with Gasteiger partial charge in [0.1, 0.15) is 11.3 Å². The summed E-state index contributed by atoms with van der Waals surface area (Å²) in [6, 6.07) is 3.33. The lowest BCUT2D eigenvalue weighted by Crippen LogP contribution is -2.32. The molecule has 0 aliphatic rings. The van der Waals surface area contributed by atoms with Gasteiger partial charge < -0.3 is 15.6 Å². The van der Waals surface area contributed by atoms with Gasteiger partial charge in [-0.3, -0.25) is 0 Å². The number of imidazole rings is 1. The first kappa shape index (κ1) is 13.6. The summed E-state index contributed by atoms with van der Waals surface area (Å²) in [4.78, 5) is 19.7. The van der Waals surface area contributed by atoms with Gasteiger partial charge in [-0.2, -0.15) is 0 Å². The minimum absolute atomic E-state index is 0.436. The van der Waals surface area contributed by atoms with Gasteiger partial charge in [-0.1, -0.05) is 0 Å². The maximum Gasteiger partial charge on any atom is 0.312 e. The van der Waals surface area contributed by atoms with Crippen molar-refractivity contribution in [3.63, 3.8) is 0 Å². The van der Waals surface area contributed by atoms with E-state index in [0.29, 0.717) is 25.4 Å². The predicted molar refractivity (Wildman–Crippen MR) is 74.3 cm³/mol. The fraction of sp³-hybridized carbons (Fsp3) is 0.417. The van der Waals surface area contributed by atoms with Crippen LogP contribution in [-0.4, -0.2) is 33.0 Å². The van der Waals surface area contributed by atoms with Crippen molar-refractivity contribution in [2.24, 2.45) is 5.73 Å². The molecule has 0 saturated heterocycles. The van der Waals surface area contributed by atoms with Gasteiger partial charge in [-0.05, 0) is 19.1 Å². The van der Waals surface area contributed by atoms with Crippen LogP contribution in [0.4, 0.5) is 4.79 Å². The van der Waals surface area contributed by atoms with Gasteiger partial charge >= 0.3 is 6.03 Å². The van der Waals surface area contributed by atoms with E-state index in [1.807, 2.05) is 23.6 Å². The van der Waals surface area contributed by atoms with E-state index in [4.69, 9.17) is 17.3 Å². The second kappa shape index (κ2) is 5.88. The van der Waals surface area contributed by atoms with Crippen molar-refractivity contribution in [2.45, 2.75) is 19.9 Å². The largest absolute Gasteiger partial charge is 0.352 e. The Balaban J connectivity index is 2.33. The molecule has 0 radical (unpaired) electrons. The SMILES string of the molecule is Cc1ccc2nc(CCCl)n(CCNC(N)=O)c2n1. The number of urea groups is 1. The fourth-order valence-corrected chi connectivity index (χ4v) is 2.11. The number of nitrogens with one attached hydrogen (secondary N) is 1. The van der Waals surface area contributed by atoms with E-state index in [0.717, 1.165) is 22.7 Å². The summed E-state index contributed by atoms with van der Waals surface area (Å²) < 4.78 is 1.97. The number of rotatable bonds is 5. The molecule has 2 aromatic heterocycles. The summed E-state index contributed by atoms with van der Waals surface area (Å²) >= 11 is 5.79. The van der Waals surface area contributed by atoms with Gasteiger partial charge in [0.25, 0.3) is 0 Å². The molecule has 0 aliphatic carbocycles. The quantitative estimate of drug-likeness (QED) is 0.807. The molecular weight excluding hydrogens is 266 g/mol. The average Bonchev–Trinajstić information content (AvgIpc) is 2.67. The monoisotopic (exact) mass is 281 g/mol. The van der Waals surface area contributed by atoms with Crippen molar-refractivity contribution in [1.29, 1.82) is 0 Å². The highest BCUT2D eigenvalue weighted by Gasteiger charge is 2.11. The zero-order valence-corrected chi connectivity index (χ0v) is 11.4. The number of halogens is 1. The Hall–Kier alpha value is -1.82. The molecule has 0 unspecified atom stereocenters. The van der Waals surface area contributed by atoms with Gasteiger partial charge in [-0.15, -0.1) is 11.6 Å². The molecule has 0 bridgehead atoms. The molecule has 7 heteroatoms. The minimum atomic E-state index is -0.535. The van der Waals surface area contributed by atoms with Crippen LogP contribution in [0.2, 0.25) is 0 Å². The van der Waals surface area contributed by atoms with Gasteiger partial charge in [0.15, 0.2) is 5.65 Å². The second-order valence-corrected chi connectivity index (χ2v) is 4.58. The first-order valence-corrected chi connectivity index (χ1v) is 6.57. The highest BCUT2D eigenvalue weighted by atomic mass is 35.5. The third kappa shape index (κ3) is 3.14. The molecule has 2 aromatic rings. The lowest BCUT2D eigenvalue weighted by atomic mass is 10.3. The van der Waals surface area contributed by atoms with Crippen molar-refractivity contribution in [1.82, 2.24) is 19.9 Å². The van der Waals surface area contributed by atoms with Gasteiger partial charge in [0.2, 0.25) is 0 Å². The van der Waals surface area contributed by atoms with Crippen LogP contribution in [0.3, 0.4) is 0 Å². The van der Waals surface area contributed by atoms with E-state index >= 15 is 0 Å². The van der Waals surface area contributed by atoms with Crippen molar-refractivity contribution in [3.8, 4) is 0 Å². The van der Waals surface area contributed by atoms with Gasteiger partial charge in [0.05, 0.1) is 0 Å². The Bertz CT molecular complexity index is 595. The van der Waals surface area contributed by atoms with E-state index in [-0.39, 0.29) is 0 Å².